The second-order valence-corrected chi connectivity index (χ2v) is 8.63. The van der Waals surface area contributed by atoms with Crippen molar-refractivity contribution in [3.05, 3.63) is 0 Å². The number of nitrogens with zero attached hydrogens (tertiary/aromatic N) is 1. The van der Waals surface area contributed by atoms with E-state index in [9.17, 15) is 33.9 Å². The fourth-order valence-corrected chi connectivity index (χ4v) is 3.84. The highest BCUT2D eigenvalue weighted by Gasteiger charge is 2.39. The molecule has 0 aromatic carbocycles. The van der Waals surface area contributed by atoms with Crippen LogP contribution in [0.5, 0.6) is 0 Å². The number of nitrogens with one attached hydrogen (secondary N) is 2. The lowest BCUT2D eigenvalue weighted by Crippen LogP contribution is -2.57. The first-order valence-corrected chi connectivity index (χ1v) is 11.8. The molecule has 0 saturated carbocycles. The molecule has 186 valence electrons. The molecule has 0 aromatic heterocycles. The Balaban J connectivity index is 2.92. The summed E-state index contributed by atoms with van der Waals surface area (Å²) in [5, 5.41) is 22.7. The van der Waals surface area contributed by atoms with Gasteiger partial charge in [0.1, 0.15) is 18.1 Å². The summed E-state index contributed by atoms with van der Waals surface area (Å²) in [6.07, 6.45) is 1.57. The van der Waals surface area contributed by atoms with Crippen LogP contribution in [0.15, 0.2) is 0 Å². The molecule has 4 unspecified atom stereocenters. The number of aliphatic carboxylic acids is 2. The van der Waals surface area contributed by atoms with Crippen LogP contribution in [-0.4, -0.2) is 93.4 Å². The maximum Gasteiger partial charge on any atom is 0.326 e. The minimum absolute atomic E-state index is 0.146. The van der Waals surface area contributed by atoms with Crippen molar-refractivity contribution >= 4 is 47.3 Å². The maximum absolute atomic E-state index is 13.1. The second kappa shape index (κ2) is 13.6. The Morgan fingerprint density at radius 3 is 2.30 bits per heavy atom. The first-order chi connectivity index (χ1) is 15.5. The summed E-state index contributed by atoms with van der Waals surface area (Å²) in [4.78, 5) is 72.9. The van der Waals surface area contributed by atoms with E-state index in [4.69, 9.17) is 16.6 Å². The SMILES string of the molecule is CSCCC(N)C(=O)NC(CC(N)=O)C(=O)N1CCCC1C(=O)NC(CCC(=O)O)C(=O)O. The van der Waals surface area contributed by atoms with Gasteiger partial charge in [0.15, 0.2) is 0 Å². The van der Waals surface area contributed by atoms with Gasteiger partial charge in [-0.15, -0.1) is 0 Å². The van der Waals surface area contributed by atoms with E-state index in [1.54, 1.807) is 0 Å². The van der Waals surface area contributed by atoms with Crippen molar-refractivity contribution in [1.29, 1.82) is 0 Å². The highest BCUT2D eigenvalue weighted by atomic mass is 32.2. The number of rotatable bonds is 14. The van der Waals surface area contributed by atoms with E-state index in [-0.39, 0.29) is 19.4 Å². The molecule has 1 fully saturated rings. The Hall–Kier alpha value is -2.87. The van der Waals surface area contributed by atoms with E-state index < -0.39 is 72.6 Å². The average Bonchev–Trinajstić information content (AvgIpc) is 3.22. The van der Waals surface area contributed by atoms with Crippen LogP contribution in [0.1, 0.15) is 38.5 Å². The molecule has 0 bridgehead atoms. The van der Waals surface area contributed by atoms with Crippen LogP contribution in [-0.2, 0) is 28.8 Å². The fraction of sp³-hybridized carbons (Fsp3) is 0.684. The number of amides is 4. The van der Waals surface area contributed by atoms with Gasteiger partial charge in [-0.3, -0.25) is 24.0 Å². The van der Waals surface area contributed by atoms with Crippen LogP contribution in [0.4, 0.5) is 0 Å². The molecular formula is C19H31N5O8S. The molecule has 4 atom stereocenters. The van der Waals surface area contributed by atoms with Gasteiger partial charge in [0.05, 0.1) is 12.5 Å². The van der Waals surface area contributed by atoms with Crippen LogP contribution in [0.2, 0.25) is 0 Å². The molecular weight excluding hydrogens is 458 g/mol. The van der Waals surface area contributed by atoms with E-state index in [0.29, 0.717) is 18.6 Å². The van der Waals surface area contributed by atoms with Gasteiger partial charge in [-0.1, -0.05) is 0 Å². The number of carboxylic acid groups (broad SMARTS) is 2. The lowest BCUT2D eigenvalue weighted by molar-refractivity contribution is -0.146. The van der Waals surface area contributed by atoms with Crippen LogP contribution in [0, 0.1) is 0 Å². The van der Waals surface area contributed by atoms with Gasteiger partial charge < -0.3 is 37.2 Å². The van der Waals surface area contributed by atoms with E-state index in [1.165, 1.54) is 11.8 Å². The Morgan fingerprint density at radius 2 is 1.76 bits per heavy atom. The lowest BCUT2D eigenvalue weighted by atomic mass is 10.1. The van der Waals surface area contributed by atoms with Gasteiger partial charge >= 0.3 is 11.9 Å². The summed E-state index contributed by atoms with van der Waals surface area (Å²) in [7, 11) is 0. The number of likely N-dealkylation sites (tertiary alicyclic amines) is 1. The zero-order chi connectivity index (χ0) is 25.1. The standard InChI is InChI=1S/C19H31N5O8S/c1-33-8-6-10(20)16(28)23-12(9-14(21)25)18(30)24-7-2-3-13(24)17(29)22-11(19(31)32)4-5-15(26)27/h10-13H,2-9,20H2,1H3,(H2,21,25)(H,22,29)(H,23,28)(H,26,27)(H,31,32). The predicted molar refractivity (Wildman–Crippen MR) is 118 cm³/mol. The molecule has 0 spiro atoms. The molecule has 0 radical (unpaired) electrons. The molecule has 4 amide bonds. The van der Waals surface area contributed by atoms with E-state index in [1.807, 2.05) is 6.26 Å². The summed E-state index contributed by atoms with van der Waals surface area (Å²) in [6, 6.07) is -4.71. The van der Waals surface area contributed by atoms with Crippen molar-refractivity contribution in [2.24, 2.45) is 11.5 Å². The number of thioether (sulfide) groups is 1. The second-order valence-electron chi connectivity index (χ2n) is 7.64. The van der Waals surface area contributed by atoms with Gasteiger partial charge in [0.25, 0.3) is 0 Å². The molecule has 1 heterocycles. The third-order valence-electron chi connectivity index (χ3n) is 5.09. The molecule has 1 aliphatic heterocycles. The molecule has 0 aromatic rings. The number of primary amides is 1. The van der Waals surface area contributed by atoms with Crippen LogP contribution in [0.3, 0.4) is 0 Å². The molecule has 33 heavy (non-hydrogen) atoms. The molecule has 13 nitrogen and oxygen atoms in total. The van der Waals surface area contributed by atoms with Crippen molar-refractivity contribution in [3.8, 4) is 0 Å². The molecule has 14 heteroatoms. The van der Waals surface area contributed by atoms with Crippen molar-refractivity contribution in [1.82, 2.24) is 15.5 Å². The Morgan fingerprint density at radius 1 is 1.09 bits per heavy atom. The van der Waals surface area contributed by atoms with Gasteiger partial charge in [0, 0.05) is 13.0 Å². The number of carbonyl (C=O) groups excluding carboxylic acids is 4. The lowest BCUT2D eigenvalue weighted by Gasteiger charge is -2.29. The molecule has 1 aliphatic rings. The third kappa shape index (κ3) is 9.26. The first kappa shape index (κ1) is 28.2. The fourth-order valence-electron chi connectivity index (χ4n) is 3.35. The largest absolute Gasteiger partial charge is 0.481 e. The average molecular weight is 490 g/mol. The molecule has 1 rings (SSSR count). The van der Waals surface area contributed by atoms with Crippen molar-refractivity contribution < 1.29 is 39.0 Å². The number of hydrogen-bond donors (Lipinski definition) is 6. The smallest absolute Gasteiger partial charge is 0.326 e. The Kier molecular flexibility index (Phi) is 11.6. The Labute approximate surface area is 195 Å². The Bertz CT molecular complexity index is 764. The highest BCUT2D eigenvalue weighted by Crippen LogP contribution is 2.20. The molecule has 1 saturated heterocycles. The van der Waals surface area contributed by atoms with Gasteiger partial charge in [0.2, 0.25) is 23.6 Å². The molecule has 8 N–H and O–H groups in total. The van der Waals surface area contributed by atoms with Crippen molar-refractivity contribution in [2.45, 2.75) is 62.7 Å². The maximum atomic E-state index is 13.1. The summed E-state index contributed by atoms with van der Waals surface area (Å²) in [5.41, 5.74) is 11.0. The minimum Gasteiger partial charge on any atom is -0.481 e. The highest BCUT2D eigenvalue weighted by molar-refractivity contribution is 7.98. The minimum atomic E-state index is -1.44. The van der Waals surface area contributed by atoms with Crippen LogP contribution >= 0.6 is 11.8 Å². The monoisotopic (exact) mass is 489 g/mol. The van der Waals surface area contributed by atoms with E-state index in [0.717, 1.165) is 4.90 Å². The zero-order valence-electron chi connectivity index (χ0n) is 18.3. The summed E-state index contributed by atoms with van der Waals surface area (Å²) < 4.78 is 0. The van der Waals surface area contributed by atoms with Crippen molar-refractivity contribution in [2.75, 3.05) is 18.6 Å². The van der Waals surface area contributed by atoms with Crippen LogP contribution in [0.25, 0.3) is 0 Å². The summed E-state index contributed by atoms with van der Waals surface area (Å²) in [5.74, 6) is -4.96. The number of carbonyl (C=O) groups is 6. The van der Waals surface area contributed by atoms with Crippen LogP contribution < -0.4 is 22.1 Å². The summed E-state index contributed by atoms with van der Waals surface area (Å²) in [6.45, 7) is 0.146. The number of nitrogens with two attached hydrogens (primary N) is 2. The van der Waals surface area contributed by atoms with Gasteiger partial charge in [-0.2, -0.15) is 11.8 Å². The molecule has 0 aliphatic carbocycles. The van der Waals surface area contributed by atoms with Gasteiger partial charge in [-0.25, -0.2) is 4.79 Å². The summed E-state index contributed by atoms with van der Waals surface area (Å²) >= 11 is 1.49. The zero-order valence-corrected chi connectivity index (χ0v) is 19.1. The van der Waals surface area contributed by atoms with Gasteiger partial charge in [-0.05, 0) is 37.7 Å². The number of carboxylic acids is 2. The first-order valence-electron chi connectivity index (χ1n) is 10.4. The third-order valence-corrected chi connectivity index (χ3v) is 5.73. The predicted octanol–water partition coefficient (Wildman–Crippen LogP) is -2.15. The van der Waals surface area contributed by atoms with E-state index in [2.05, 4.69) is 10.6 Å². The topological polar surface area (TPSA) is 222 Å². The van der Waals surface area contributed by atoms with Crippen molar-refractivity contribution in [3.63, 3.8) is 0 Å². The quantitative estimate of drug-likeness (QED) is 0.155. The van der Waals surface area contributed by atoms with E-state index >= 15 is 0 Å². The normalized spacial score (nSPS) is 18.1. The number of hydrogen-bond acceptors (Lipinski definition) is 8.